The van der Waals surface area contributed by atoms with Gasteiger partial charge in [-0.3, -0.25) is 4.90 Å². The molecule has 2 unspecified atom stereocenters. The Morgan fingerprint density at radius 1 is 1.47 bits per heavy atom. The molecule has 0 radical (unpaired) electrons. The standard InChI is InChI=1S/C14H25N3OS/c1-3-8-15-14-16-9-11(19-14)10-17(2)12-6-4-5-7-13(12)18/h9,12-13,18H,3-8,10H2,1-2H3,(H,15,16). The van der Waals surface area contributed by atoms with E-state index in [2.05, 4.69) is 29.2 Å². The first kappa shape index (κ1) is 14.8. The maximum Gasteiger partial charge on any atom is 0.182 e. The summed E-state index contributed by atoms with van der Waals surface area (Å²) in [4.78, 5) is 7.93. The first-order chi connectivity index (χ1) is 9.20. The van der Waals surface area contributed by atoms with E-state index in [-0.39, 0.29) is 6.10 Å². The molecule has 1 heterocycles. The quantitative estimate of drug-likeness (QED) is 0.843. The number of aliphatic hydroxyl groups excluding tert-OH is 1. The third-order valence-corrected chi connectivity index (χ3v) is 4.68. The molecule has 108 valence electrons. The molecule has 0 spiro atoms. The van der Waals surface area contributed by atoms with Crippen LogP contribution in [-0.2, 0) is 6.54 Å². The second-order valence-corrected chi connectivity index (χ2v) is 6.51. The molecule has 0 aromatic carbocycles. The third-order valence-electron chi connectivity index (χ3n) is 3.75. The molecule has 1 aliphatic rings. The number of hydrogen-bond acceptors (Lipinski definition) is 5. The molecule has 2 N–H and O–H groups in total. The summed E-state index contributed by atoms with van der Waals surface area (Å²) in [6, 6.07) is 0.308. The maximum absolute atomic E-state index is 10.1. The molecule has 1 aromatic rings. The van der Waals surface area contributed by atoms with Crippen molar-refractivity contribution in [3.05, 3.63) is 11.1 Å². The molecule has 0 amide bonds. The van der Waals surface area contributed by atoms with Crippen LogP contribution in [0.1, 0.15) is 43.9 Å². The van der Waals surface area contributed by atoms with E-state index >= 15 is 0 Å². The highest BCUT2D eigenvalue weighted by molar-refractivity contribution is 7.15. The van der Waals surface area contributed by atoms with Gasteiger partial charge in [0.1, 0.15) is 0 Å². The highest BCUT2D eigenvalue weighted by atomic mass is 32.1. The fourth-order valence-electron chi connectivity index (χ4n) is 2.66. The second kappa shape index (κ2) is 7.22. The van der Waals surface area contributed by atoms with Gasteiger partial charge >= 0.3 is 0 Å². The van der Waals surface area contributed by atoms with Crippen LogP contribution in [-0.4, -0.2) is 40.7 Å². The predicted octanol–water partition coefficient (Wildman–Crippen LogP) is 2.70. The van der Waals surface area contributed by atoms with Crippen LogP contribution in [0.25, 0.3) is 0 Å². The van der Waals surface area contributed by atoms with Crippen LogP contribution in [0.4, 0.5) is 5.13 Å². The molecule has 4 nitrogen and oxygen atoms in total. The van der Waals surface area contributed by atoms with Crippen molar-refractivity contribution in [2.24, 2.45) is 0 Å². The molecule has 1 saturated carbocycles. The zero-order valence-corrected chi connectivity index (χ0v) is 12.7. The highest BCUT2D eigenvalue weighted by Crippen LogP contribution is 2.25. The molecule has 0 saturated heterocycles. The summed E-state index contributed by atoms with van der Waals surface area (Å²) in [5.41, 5.74) is 0. The van der Waals surface area contributed by atoms with Gasteiger partial charge in [-0.1, -0.05) is 19.8 Å². The summed E-state index contributed by atoms with van der Waals surface area (Å²) < 4.78 is 0. The van der Waals surface area contributed by atoms with E-state index in [1.54, 1.807) is 11.3 Å². The zero-order chi connectivity index (χ0) is 13.7. The van der Waals surface area contributed by atoms with Gasteiger partial charge in [-0.05, 0) is 26.3 Å². The van der Waals surface area contributed by atoms with Crippen molar-refractivity contribution >= 4 is 16.5 Å². The SMILES string of the molecule is CCCNc1ncc(CN(C)C2CCCCC2O)s1. The van der Waals surface area contributed by atoms with E-state index in [0.29, 0.717) is 6.04 Å². The molecule has 1 aromatic heterocycles. The highest BCUT2D eigenvalue weighted by Gasteiger charge is 2.26. The smallest absolute Gasteiger partial charge is 0.182 e. The summed E-state index contributed by atoms with van der Waals surface area (Å²) in [5.74, 6) is 0. The number of thiazole rings is 1. The Hall–Kier alpha value is -0.650. The number of anilines is 1. The normalized spacial score (nSPS) is 23.8. The average Bonchev–Trinajstić information content (AvgIpc) is 2.84. The lowest BCUT2D eigenvalue weighted by Crippen LogP contribution is -2.42. The van der Waals surface area contributed by atoms with Gasteiger partial charge in [0.15, 0.2) is 5.13 Å². The van der Waals surface area contributed by atoms with Crippen LogP contribution in [0.5, 0.6) is 0 Å². The number of nitrogens with one attached hydrogen (secondary N) is 1. The predicted molar refractivity (Wildman–Crippen MR) is 80.6 cm³/mol. The fourth-order valence-corrected chi connectivity index (χ4v) is 3.56. The van der Waals surface area contributed by atoms with Crippen molar-refractivity contribution in [1.29, 1.82) is 0 Å². The van der Waals surface area contributed by atoms with Gasteiger partial charge in [-0.15, -0.1) is 11.3 Å². The third kappa shape index (κ3) is 4.16. The zero-order valence-electron chi connectivity index (χ0n) is 11.9. The number of likely N-dealkylation sites (N-methyl/N-ethyl adjacent to an activating group) is 1. The minimum atomic E-state index is -0.163. The van der Waals surface area contributed by atoms with Crippen molar-refractivity contribution in [1.82, 2.24) is 9.88 Å². The van der Waals surface area contributed by atoms with Gasteiger partial charge in [-0.2, -0.15) is 0 Å². The largest absolute Gasteiger partial charge is 0.391 e. The Labute approximate surface area is 119 Å². The second-order valence-electron chi connectivity index (χ2n) is 5.39. The van der Waals surface area contributed by atoms with Gasteiger partial charge in [0.05, 0.1) is 6.10 Å². The van der Waals surface area contributed by atoms with Gasteiger partial charge in [0.2, 0.25) is 0 Å². The lowest BCUT2D eigenvalue weighted by molar-refractivity contribution is 0.0292. The van der Waals surface area contributed by atoms with Crippen LogP contribution in [0.3, 0.4) is 0 Å². The summed E-state index contributed by atoms with van der Waals surface area (Å²) in [6.07, 6.45) is 7.36. The molecule has 2 atom stereocenters. The van der Waals surface area contributed by atoms with Crippen LogP contribution < -0.4 is 5.32 Å². The maximum atomic E-state index is 10.1. The van der Waals surface area contributed by atoms with Crippen LogP contribution in [0.15, 0.2) is 6.20 Å². The molecular formula is C14H25N3OS. The Bertz CT molecular complexity index is 383. The number of rotatable bonds is 6. The molecule has 5 heteroatoms. The molecule has 1 fully saturated rings. The average molecular weight is 283 g/mol. The Morgan fingerprint density at radius 3 is 3.00 bits per heavy atom. The van der Waals surface area contributed by atoms with E-state index in [0.717, 1.165) is 43.9 Å². The van der Waals surface area contributed by atoms with Crippen molar-refractivity contribution in [3.8, 4) is 0 Å². The monoisotopic (exact) mass is 283 g/mol. The molecular weight excluding hydrogens is 258 g/mol. The summed E-state index contributed by atoms with van der Waals surface area (Å²) >= 11 is 1.72. The number of hydrogen-bond donors (Lipinski definition) is 2. The molecule has 1 aliphatic carbocycles. The van der Waals surface area contributed by atoms with E-state index in [1.807, 2.05) is 6.20 Å². The van der Waals surface area contributed by atoms with Gasteiger partial charge in [-0.25, -0.2) is 4.98 Å². The van der Waals surface area contributed by atoms with Crippen LogP contribution in [0, 0.1) is 0 Å². The minimum Gasteiger partial charge on any atom is -0.391 e. The first-order valence-corrected chi connectivity index (χ1v) is 8.09. The van der Waals surface area contributed by atoms with Crippen molar-refractivity contribution < 1.29 is 5.11 Å². The van der Waals surface area contributed by atoms with Crippen LogP contribution >= 0.6 is 11.3 Å². The first-order valence-electron chi connectivity index (χ1n) is 7.27. The minimum absolute atomic E-state index is 0.163. The van der Waals surface area contributed by atoms with E-state index in [9.17, 15) is 5.11 Å². The Morgan fingerprint density at radius 2 is 2.26 bits per heavy atom. The Kier molecular flexibility index (Phi) is 5.60. The number of aromatic nitrogens is 1. The lowest BCUT2D eigenvalue weighted by Gasteiger charge is -2.34. The van der Waals surface area contributed by atoms with Crippen molar-refractivity contribution in [3.63, 3.8) is 0 Å². The number of nitrogens with zero attached hydrogens (tertiary/aromatic N) is 2. The molecule has 19 heavy (non-hydrogen) atoms. The fraction of sp³-hybridized carbons (Fsp3) is 0.786. The van der Waals surface area contributed by atoms with Crippen molar-refractivity contribution in [2.75, 3.05) is 18.9 Å². The van der Waals surface area contributed by atoms with E-state index < -0.39 is 0 Å². The lowest BCUT2D eigenvalue weighted by atomic mass is 9.91. The summed E-state index contributed by atoms with van der Waals surface area (Å²) in [6.45, 7) is 4.01. The Balaban J connectivity index is 1.87. The molecule has 0 bridgehead atoms. The number of aliphatic hydroxyl groups is 1. The summed E-state index contributed by atoms with van der Waals surface area (Å²) in [7, 11) is 2.11. The van der Waals surface area contributed by atoms with Gasteiger partial charge in [0.25, 0.3) is 0 Å². The van der Waals surface area contributed by atoms with Gasteiger partial charge < -0.3 is 10.4 Å². The van der Waals surface area contributed by atoms with E-state index in [1.165, 1.54) is 11.3 Å². The van der Waals surface area contributed by atoms with E-state index in [4.69, 9.17) is 0 Å². The van der Waals surface area contributed by atoms with Crippen LogP contribution in [0.2, 0.25) is 0 Å². The van der Waals surface area contributed by atoms with Crippen molar-refractivity contribution in [2.45, 2.75) is 57.7 Å². The summed E-state index contributed by atoms with van der Waals surface area (Å²) in [5, 5.41) is 14.4. The molecule has 0 aliphatic heterocycles. The topological polar surface area (TPSA) is 48.4 Å². The van der Waals surface area contributed by atoms with Gasteiger partial charge in [0, 0.05) is 30.2 Å². The molecule has 2 rings (SSSR count).